The van der Waals surface area contributed by atoms with Crippen LogP contribution in [0.2, 0.25) is 5.02 Å². The number of halogens is 1. The lowest BCUT2D eigenvalue weighted by Gasteiger charge is -2.10. The van der Waals surface area contributed by atoms with E-state index < -0.39 is 0 Å². The maximum atomic E-state index is 11.9. The minimum atomic E-state index is -0.113. The van der Waals surface area contributed by atoms with Gasteiger partial charge in [0, 0.05) is 16.4 Å². The van der Waals surface area contributed by atoms with Crippen molar-refractivity contribution in [2.45, 2.75) is 13.3 Å². The molecule has 3 N–H and O–H groups in total. The highest BCUT2D eigenvalue weighted by molar-refractivity contribution is 6.30. The van der Waals surface area contributed by atoms with Crippen LogP contribution in [-0.4, -0.2) is 12.5 Å². The molecule has 2 aromatic carbocycles. The monoisotopic (exact) mass is 304 g/mol. The Bertz CT molecular complexity index is 627. The van der Waals surface area contributed by atoms with E-state index in [1.807, 2.05) is 13.0 Å². The molecule has 0 aromatic heterocycles. The Labute approximate surface area is 128 Å². The fourth-order valence-electron chi connectivity index (χ4n) is 1.78. The number of nitrogen functional groups attached to an aromatic ring is 1. The first-order valence-electron chi connectivity index (χ1n) is 6.59. The first-order valence-corrected chi connectivity index (χ1v) is 6.97. The maximum absolute atomic E-state index is 11.9. The number of amides is 1. The van der Waals surface area contributed by atoms with Crippen LogP contribution >= 0.6 is 11.6 Å². The molecule has 0 bridgehead atoms. The van der Waals surface area contributed by atoms with Crippen LogP contribution < -0.4 is 15.8 Å². The van der Waals surface area contributed by atoms with Crippen molar-refractivity contribution in [3.8, 4) is 5.75 Å². The van der Waals surface area contributed by atoms with Crippen molar-refractivity contribution in [1.29, 1.82) is 0 Å². The van der Waals surface area contributed by atoms with E-state index in [-0.39, 0.29) is 12.3 Å². The van der Waals surface area contributed by atoms with E-state index in [2.05, 4.69) is 5.32 Å². The molecule has 0 spiro atoms. The zero-order valence-electron chi connectivity index (χ0n) is 11.7. The topological polar surface area (TPSA) is 64.3 Å². The van der Waals surface area contributed by atoms with Crippen LogP contribution in [0, 0.1) is 6.92 Å². The van der Waals surface area contributed by atoms with E-state index >= 15 is 0 Å². The number of benzene rings is 2. The van der Waals surface area contributed by atoms with Gasteiger partial charge < -0.3 is 15.8 Å². The summed E-state index contributed by atoms with van der Waals surface area (Å²) < 4.78 is 5.48. The van der Waals surface area contributed by atoms with Gasteiger partial charge in [-0.05, 0) is 48.9 Å². The molecule has 21 heavy (non-hydrogen) atoms. The van der Waals surface area contributed by atoms with Gasteiger partial charge in [-0.15, -0.1) is 0 Å². The Kier molecular flexibility index (Phi) is 5.06. The molecule has 0 aliphatic heterocycles. The molecule has 0 saturated heterocycles. The normalized spacial score (nSPS) is 10.2. The molecular weight excluding hydrogens is 288 g/mol. The lowest BCUT2D eigenvalue weighted by atomic mass is 10.2. The number of hydrogen-bond acceptors (Lipinski definition) is 3. The van der Waals surface area contributed by atoms with Crippen LogP contribution in [0.3, 0.4) is 0 Å². The lowest BCUT2D eigenvalue weighted by molar-refractivity contribution is -0.116. The van der Waals surface area contributed by atoms with Crippen LogP contribution in [0.1, 0.15) is 12.0 Å². The first-order chi connectivity index (χ1) is 10.0. The molecule has 0 saturated carbocycles. The van der Waals surface area contributed by atoms with Gasteiger partial charge in [0.25, 0.3) is 0 Å². The summed E-state index contributed by atoms with van der Waals surface area (Å²) in [6.07, 6.45) is 0.261. The SMILES string of the molecule is Cc1ccc(N)cc1NC(=O)CCOc1ccc(Cl)cc1. The van der Waals surface area contributed by atoms with Gasteiger partial charge in [0.2, 0.25) is 5.91 Å². The summed E-state index contributed by atoms with van der Waals surface area (Å²) in [6.45, 7) is 2.22. The number of aryl methyl sites for hydroxylation is 1. The highest BCUT2D eigenvalue weighted by Gasteiger charge is 2.05. The minimum absolute atomic E-state index is 0.113. The van der Waals surface area contributed by atoms with E-state index in [0.29, 0.717) is 23.1 Å². The number of nitrogens with one attached hydrogen (secondary N) is 1. The number of carbonyl (C=O) groups excluding carboxylic acids is 1. The quantitative estimate of drug-likeness (QED) is 0.829. The average molecular weight is 305 g/mol. The smallest absolute Gasteiger partial charge is 0.227 e. The molecule has 0 heterocycles. The van der Waals surface area contributed by atoms with Crippen molar-refractivity contribution in [1.82, 2.24) is 0 Å². The van der Waals surface area contributed by atoms with Gasteiger partial charge in [-0.2, -0.15) is 0 Å². The lowest BCUT2D eigenvalue weighted by Crippen LogP contribution is -2.16. The molecular formula is C16H17ClN2O2. The molecule has 5 heteroatoms. The highest BCUT2D eigenvalue weighted by Crippen LogP contribution is 2.18. The zero-order chi connectivity index (χ0) is 15.2. The number of anilines is 2. The molecule has 0 radical (unpaired) electrons. The molecule has 0 atom stereocenters. The van der Waals surface area contributed by atoms with Crippen molar-refractivity contribution in [2.75, 3.05) is 17.7 Å². The van der Waals surface area contributed by atoms with E-state index in [0.717, 1.165) is 11.3 Å². The van der Waals surface area contributed by atoms with Crippen molar-refractivity contribution in [3.05, 3.63) is 53.1 Å². The summed E-state index contributed by atoms with van der Waals surface area (Å²) in [5, 5.41) is 3.48. The van der Waals surface area contributed by atoms with Gasteiger partial charge in [0.15, 0.2) is 0 Å². The minimum Gasteiger partial charge on any atom is -0.493 e. The van der Waals surface area contributed by atoms with Crippen LogP contribution in [-0.2, 0) is 4.79 Å². The van der Waals surface area contributed by atoms with Crippen molar-refractivity contribution in [3.63, 3.8) is 0 Å². The number of ether oxygens (including phenoxy) is 1. The summed E-state index contributed by atoms with van der Waals surface area (Å²) in [6, 6.07) is 12.4. The van der Waals surface area contributed by atoms with Crippen molar-refractivity contribution < 1.29 is 9.53 Å². The first kappa shape index (κ1) is 15.2. The number of nitrogens with two attached hydrogens (primary N) is 1. The number of carbonyl (C=O) groups is 1. The molecule has 4 nitrogen and oxygen atoms in total. The summed E-state index contributed by atoms with van der Waals surface area (Å²) in [5.41, 5.74) is 8.02. The second-order valence-electron chi connectivity index (χ2n) is 4.67. The maximum Gasteiger partial charge on any atom is 0.227 e. The van der Waals surface area contributed by atoms with E-state index in [4.69, 9.17) is 22.1 Å². The largest absolute Gasteiger partial charge is 0.493 e. The molecule has 0 aliphatic rings. The molecule has 0 fully saturated rings. The van der Waals surface area contributed by atoms with Crippen LogP contribution in [0.15, 0.2) is 42.5 Å². The number of rotatable bonds is 5. The molecule has 2 aromatic rings. The molecule has 2 rings (SSSR count). The summed E-state index contributed by atoms with van der Waals surface area (Å²) >= 11 is 5.78. The van der Waals surface area contributed by atoms with Gasteiger partial charge in [0.05, 0.1) is 13.0 Å². The standard InChI is InChI=1S/C16H17ClN2O2/c1-11-2-5-13(18)10-15(11)19-16(20)8-9-21-14-6-3-12(17)4-7-14/h2-7,10H,8-9,18H2,1H3,(H,19,20). The third-order valence-corrected chi connectivity index (χ3v) is 3.20. The van der Waals surface area contributed by atoms with E-state index in [1.54, 1.807) is 36.4 Å². The zero-order valence-corrected chi connectivity index (χ0v) is 12.5. The van der Waals surface area contributed by atoms with Crippen LogP contribution in [0.4, 0.5) is 11.4 Å². The Morgan fingerprint density at radius 2 is 1.95 bits per heavy atom. The summed E-state index contributed by atoms with van der Waals surface area (Å²) in [5.74, 6) is 0.574. The Balaban J connectivity index is 1.82. The van der Waals surface area contributed by atoms with Crippen LogP contribution in [0.5, 0.6) is 5.75 Å². The molecule has 0 aliphatic carbocycles. The van der Waals surface area contributed by atoms with Crippen LogP contribution in [0.25, 0.3) is 0 Å². The second-order valence-corrected chi connectivity index (χ2v) is 5.11. The average Bonchev–Trinajstić information content (AvgIpc) is 2.45. The Hall–Kier alpha value is -2.20. The third-order valence-electron chi connectivity index (χ3n) is 2.95. The predicted octanol–water partition coefficient (Wildman–Crippen LogP) is 3.64. The van der Waals surface area contributed by atoms with E-state index in [9.17, 15) is 4.79 Å². The summed E-state index contributed by atoms with van der Waals surface area (Å²) in [7, 11) is 0. The Morgan fingerprint density at radius 1 is 1.24 bits per heavy atom. The number of hydrogen-bond donors (Lipinski definition) is 2. The van der Waals surface area contributed by atoms with Gasteiger partial charge in [0.1, 0.15) is 5.75 Å². The second kappa shape index (κ2) is 6.99. The van der Waals surface area contributed by atoms with Crippen molar-refractivity contribution in [2.24, 2.45) is 0 Å². The molecule has 110 valence electrons. The van der Waals surface area contributed by atoms with E-state index in [1.165, 1.54) is 0 Å². The van der Waals surface area contributed by atoms with Crippen molar-refractivity contribution >= 4 is 28.9 Å². The predicted molar refractivity (Wildman–Crippen MR) is 85.8 cm³/mol. The third kappa shape index (κ3) is 4.68. The molecule has 0 unspecified atom stereocenters. The fraction of sp³-hybridized carbons (Fsp3) is 0.188. The van der Waals surface area contributed by atoms with Gasteiger partial charge in [-0.1, -0.05) is 17.7 Å². The van der Waals surface area contributed by atoms with Gasteiger partial charge >= 0.3 is 0 Å². The summed E-state index contributed by atoms with van der Waals surface area (Å²) in [4.78, 5) is 11.9. The fourth-order valence-corrected chi connectivity index (χ4v) is 1.91. The van der Waals surface area contributed by atoms with Gasteiger partial charge in [-0.3, -0.25) is 4.79 Å². The van der Waals surface area contributed by atoms with Gasteiger partial charge in [-0.25, -0.2) is 0 Å². The Morgan fingerprint density at radius 3 is 2.67 bits per heavy atom. The molecule has 1 amide bonds. The highest BCUT2D eigenvalue weighted by atomic mass is 35.5.